The molecule has 1 N–H and O–H groups in total. The molecule has 0 aromatic heterocycles. The maximum atomic E-state index is 9.91. The van der Waals surface area contributed by atoms with Gasteiger partial charge in [-0.25, -0.2) is 0 Å². The van der Waals surface area contributed by atoms with Gasteiger partial charge in [-0.3, -0.25) is 0 Å². The summed E-state index contributed by atoms with van der Waals surface area (Å²) in [6.45, 7) is 8.60. The minimum Gasteiger partial charge on any atom is -0.313 e. The molecule has 1 saturated carbocycles. The van der Waals surface area contributed by atoms with E-state index in [9.17, 15) is 5.21 Å². The molecule has 1 aliphatic carbocycles. The first-order chi connectivity index (χ1) is 8.52. The van der Waals surface area contributed by atoms with Gasteiger partial charge >= 0.3 is 0 Å². The lowest BCUT2D eigenvalue weighted by molar-refractivity contribution is -0.130. The van der Waals surface area contributed by atoms with Gasteiger partial charge in [0, 0.05) is 12.6 Å². The third-order valence-electron chi connectivity index (χ3n) is 3.49. The standard InChI is InChI=1S/C13H25NO.C3H4/c1-11(2)9-10-14(15)12(3)13-7-5-4-6-8-13;1-3-2/h9,12-13,15H,4-8,10H2,1-3H3;1H,2H3. The van der Waals surface area contributed by atoms with E-state index in [-0.39, 0.29) is 0 Å². The zero-order valence-corrected chi connectivity index (χ0v) is 12.4. The maximum Gasteiger partial charge on any atom is 0.0424 e. The highest BCUT2D eigenvalue weighted by atomic mass is 16.5. The molecule has 0 aromatic carbocycles. The summed E-state index contributed by atoms with van der Waals surface area (Å²) in [6.07, 6.45) is 13.3. The fraction of sp³-hybridized carbons (Fsp3) is 0.750. The summed E-state index contributed by atoms with van der Waals surface area (Å²) in [5, 5.41) is 11.4. The SMILES string of the molecule is C#CC.CC(C)=CCN(O)C(C)C1CCCCC1. The second kappa shape index (κ2) is 10.2. The van der Waals surface area contributed by atoms with Crippen LogP contribution in [-0.4, -0.2) is 22.9 Å². The third-order valence-corrected chi connectivity index (χ3v) is 3.49. The van der Waals surface area contributed by atoms with Crippen molar-refractivity contribution in [2.24, 2.45) is 5.92 Å². The monoisotopic (exact) mass is 251 g/mol. The molecule has 18 heavy (non-hydrogen) atoms. The minimum atomic E-state index is 0.306. The van der Waals surface area contributed by atoms with Gasteiger partial charge < -0.3 is 5.21 Å². The van der Waals surface area contributed by atoms with Crippen LogP contribution < -0.4 is 0 Å². The number of hydrogen-bond donors (Lipinski definition) is 1. The van der Waals surface area contributed by atoms with Crippen molar-refractivity contribution in [1.29, 1.82) is 0 Å². The molecule has 0 heterocycles. The van der Waals surface area contributed by atoms with Crippen LogP contribution in [0.2, 0.25) is 0 Å². The normalized spacial score (nSPS) is 17.4. The Labute approximate surface area is 113 Å². The first kappa shape index (κ1) is 17.2. The molecule has 0 spiro atoms. The number of terminal acetylenes is 1. The predicted octanol–water partition coefficient (Wildman–Crippen LogP) is 4.25. The van der Waals surface area contributed by atoms with Crippen LogP contribution in [0.5, 0.6) is 0 Å². The molecule has 0 aromatic rings. The largest absolute Gasteiger partial charge is 0.313 e. The third kappa shape index (κ3) is 7.53. The fourth-order valence-electron chi connectivity index (χ4n) is 2.30. The number of hydrogen-bond acceptors (Lipinski definition) is 2. The van der Waals surface area contributed by atoms with Crippen LogP contribution in [0, 0.1) is 18.3 Å². The Morgan fingerprint density at radius 2 is 1.89 bits per heavy atom. The average molecular weight is 251 g/mol. The maximum absolute atomic E-state index is 9.91. The van der Waals surface area contributed by atoms with Crippen LogP contribution >= 0.6 is 0 Å². The van der Waals surface area contributed by atoms with E-state index in [1.54, 1.807) is 6.92 Å². The molecule has 2 heteroatoms. The van der Waals surface area contributed by atoms with E-state index >= 15 is 0 Å². The average Bonchev–Trinajstić information content (AvgIpc) is 2.37. The Balaban J connectivity index is 0.000000873. The van der Waals surface area contributed by atoms with Crippen molar-refractivity contribution in [2.75, 3.05) is 6.54 Å². The lowest BCUT2D eigenvalue weighted by atomic mass is 9.84. The zero-order valence-electron chi connectivity index (χ0n) is 12.4. The van der Waals surface area contributed by atoms with Crippen molar-refractivity contribution in [1.82, 2.24) is 5.06 Å². The summed E-state index contributed by atoms with van der Waals surface area (Å²) in [6, 6.07) is 0.306. The van der Waals surface area contributed by atoms with E-state index in [2.05, 4.69) is 39.2 Å². The van der Waals surface area contributed by atoms with Gasteiger partial charge in [-0.2, -0.15) is 5.06 Å². The van der Waals surface area contributed by atoms with E-state index in [0.29, 0.717) is 18.5 Å². The summed E-state index contributed by atoms with van der Waals surface area (Å²) < 4.78 is 0. The van der Waals surface area contributed by atoms with Gasteiger partial charge in [0.1, 0.15) is 0 Å². The molecule has 0 saturated heterocycles. The summed E-state index contributed by atoms with van der Waals surface area (Å²) in [4.78, 5) is 0. The van der Waals surface area contributed by atoms with Gasteiger partial charge in [-0.1, -0.05) is 30.9 Å². The van der Waals surface area contributed by atoms with E-state index in [1.165, 1.54) is 42.7 Å². The molecule has 1 atom stereocenters. The van der Waals surface area contributed by atoms with Crippen molar-refractivity contribution >= 4 is 0 Å². The molecular weight excluding hydrogens is 222 g/mol. The fourth-order valence-corrected chi connectivity index (χ4v) is 2.30. The summed E-state index contributed by atoms with van der Waals surface area (Å²) in [7, 11) is 0. The van der Waals surface area contributed by atoms with E-state index in [1.807, 2.05) is 0 Å². The topological polar surface area (TPSA) is 23.5 Å². The number of allylic oxidation sites excluding steroid dienone is 1. The zero-order chi connectivity index (χ0) is 14.0. The summed E-state index contributed by atoms with van der Waals surface area (Å²) in [5.74, 6) is 2.94. The molecule has 1 fully saturated rings. The van der Waals surface area contributed by atoms with Crippen molar-refractivity contribution in [3.05, 3.63) is 11.6 Å². The molecule has 1 aliphatic rings. The molecule has 0 amide bonds. The van der Waals surface area contributed by atoms with Crippen LogP contribution in [0.3, 0.4) is 0 Å². The van der Waals surface area contributed by atoms with Gasteiger partial charge in [-0.15, -0.1) is 12.3 Å². The Morgan fingerprint density at radius 1 is 1.39 bits per heavy atom. The minimum absolute atomic E-state index is 0.306. The Hall–Kier alpha value is -0.780. The van der Waals surface area contributed by atoms with Crippen molar-refractivity contribution in [3.63, 3.8) is 0 Å². The molecule has 104 valence electrons. The number of hydroxylamine groups is 2. The summed E-state index contributed by atoms with van der Waals surface area (Å²) in [5.41, 5.74) is 1.27. The van der Waals surface area contributed by atoms with Crippen LogP contribution in [-0.2, 0) is 0 Å². The highest BCUT2D eigenvalue weighted by Gasteiger charge is 2.23. The quantitative estimate of drug-likeness (QED) is 0.458. The van der Waals surface area contributed by atoms with Crippen LogP contribution in [0.1, 0.15) is 59.8 Å². The van der Waals surface area contributed by atoms with Gasteiger partial charge in [-0.05, 0) is 46.5 Å². The molecule has 0 bridgehead atoms. The van der Waals surface area contributed by atoms with Crippen molar-refractivity contribution in [2.45, 2.75) is 65.8 Å². The number of nitrogens with zero attached hydrogens (tertiary/aromatic N) is 1. The first-order valence-corrected chi connectivity index (χ1v) is 6.99. The molecular formula is C16H29NO. The lowest BCUT2D eigenvalue weighted by Gasteiger charge is -2.32. The van der Waals surface area contributed by atoms with Gasteiger partial charge in [0.25, 0.3) is 0 Å². The van der Waals surface area contributed by atoms with Crippen molar-refractivity contribution < 1.29 is 5.21 Å². The Kier molecular flexibility index (Phi) is 9.73. The molecule has 0 aliphatic heterocycles. The molecule has 1 unspecified atom stereocenters. The molecule has 1 rings (SSSR count). The predicted molar refractivity (Wildman–Crippen MR) is 78.5 cm³/mol. The summed E-state index contributed by atoms with van der Waals surface area (Å²) >= 11 is 0. The van der Waals surface area contributed by atoms with Crippen LogP contribution in [0.15, 0.2) is 11.6 Å². The lowest BCUT2D eigenvalue weighted by Crippen LogP contribution is -2.37. The molecule has 0 radical (unpaired) electrons. The van der Waals surface area contributed by atoms with E-state index in [4.69, 9.17) is 0 Å². The van der Waals surface area contributed by atoms with Crippen LogP contribution in [0.25, 0.3) is 0 Å². The van der Waals surface area contributed by atoms with E-state index in [0.717, 1.165) is 0 Å². The smallest absolute Gasteiger partial charge is 0.0424 e. The van der Waals surface area contributed by atoms with Gasteiger partial charge in [0.2, 0.25) is 0 Å². The van der Waals surface area contributed by atoms with Crippen molar-refractivity contribution in [3.8, 4) is 12.3 Å². The highest BCUT2D eigenvalue weighted by molar-refractivity contribution is 4.94. The second-order valence-corrected chi connectivity index (χ2v) is 5.33. The van der Waals surface area contributed by atoms with Gasteiger partial charge in [0.05, 0.1) is 0 Å². The number of rotatable bonds is 4. The Bertz CT molecular complexity index is 267. The molecule has 2 nitrogen and oxygen atoms in total. The van der Waals surface area contributed by atoms with Gasteiger partial charge in [0.15, 0.2) is 0 Å². The van der Waals surface area contributed by atoms with E-state index < -0.39 is 0 Å². The second-order valence-electron chi connectivity index (χ2n) is 5.33. The highest BCUT2D eigenvalue weighted by Crippen LogP contribution is 2.28. The first-order valence-electron chi connectivity index (χ1n) is 6.99. The Morgan fingerprint density at radius 3 is 2.33 bits per heavy atom. The van der Waals surface area contributed by atoms with Crippen LogP contribution in [0.4, 0.5) is 0 Å².